The van der Waals surface area contributed by atoms with Gasteiger partial charge in [0.1, 0.15) is 6.61 Å². The van der Waals surface area contributed by atoms with Gasteiger partial charge in [-0.2, -0.15) is 11.8 Å². The number of hydrogen-bond donors (Lipinski definition) is 2. The molecule has 1 atom stereocenters. The molecule has 0 aromatic heterocycles. The number of ether oxygens (including phenoxy) is 1. The largest absolute Gasteiger partial charge is 0.481 e. The minimum atomic E-state index is -0.858. The highest BCUT2D eigenvalue weighted by Crippen LogP contribution is 2.44. The molecule has 0 aliphatic heterocycles. The van der Waals surface area contributed by atoms with Crippen LogP contribution in [-0.4, -0.2) is 41.8 Å². The van der Waals surface area contributed by atoms with Crippen LogP contribution in [0.4, 0.5) is 4.79 Å². The third-order valence-electron chi connectivity index (χ3n) is 5.04. The van der Waals surface area contributed by atoms with Crippen molar-refractivity contribution in [1.29, 1.82) is 0 Å². The standard InChI is InChI=1S/C22H25NO4S/c1-28-13-12-15(10-11-21(24)25)23-22(26)27-14-20-18-8-4-2-6-16(18)17-7-3-5-9-19(17)20/h2-9,15,20H,10-14H2,1H3,(H,23,26)(H,24,25)/t15-/m1/s1. The van der Waals surface area contributed by atoms with Gasteiger partial charge in [-0.25, -0.2) is 4.79 Å². The van der Waals surface area contributed by atoms with Gasteiger partial charge in [-0.1, -0.05) is 48.5 Å². The van der Waals surface area contributed by atoms with E-state index in [-0.39, 0.29) is 25.0 Å². The molecule has 2 aromatic rings. The summed E-state index contributed by atoms with van der Waals surface area (Å²) in [5, 5.41) is 11.7. The number of nitrogens with one attached hydrogen (secondary N) is 1. The van der Waals surface area contributed by atoms with Crippen molar-refractivity contribution in [2.24, 2.45) is 0 Å². The van der Waals surface area contributed by atoms with Crippen molar-refractivity contribution in [2.75, 3.05) is 18.6 Å². The maximum Gasteiger partial charge on any atom is 0.407 e. The summed E-state index contributed by atoms with van der Waals surface area (Å²) in [5.41, 5.74) is 4.71. The maximum absolute atomic E-state index is 12.4. The van der Waals surface area contributed by atoms with Gasteiger partial charge in [0.05, 0.1) is 0 Å². The maximum atomic E-state index is 12.4. The summed E-state index contributed by atoms with van der Waals surface area (Å²) in [4.78, 5) is 23.2. The van der Waals surface area contributed by atoms with Gasteiger partial charge in [-0.15, -0.1) is 0 Å². The van der Waals surface area contributed by atoms with Crippen LogP contribution in [-0.2, 0) is 9.53 Å². The summed E-state index contributed by atoms with van der Waals surface area (Å²) >= 11 is 1.67. The molecule has 28 heavy (non-hydrogen) atoms. The van der Waals surface area contributed by atoms with E-state index in [1.165, 1.54) is 22.3 Å². The molecule has 1 aliphatic carbocycles. The van der Waals surface area contributed by atoms with Crippen LogP contribution in [0.5, 0.6) is 0 Å². The number of fused-ring (bicyclic) bond motifs is 3. The predicted octanol–water partition coefficient (Wildman–Crippen LogP) is 4.51. The molecule has 0 bridgehead atoms. The lowest BCUT2D eigenvalue weighted by molar-refractivity contribution is -0.137. The number of carbonyl (C=O) groups is 2. The topological polar surface area (TPSA) is 75.6 Å². The summed E-state index contributed by atoms with van der Waals surface area (Å²) in [6.07, 6.45) is 2.65. The Hall–Kier alpha value is -2.47. The first kappa shape index (κ1) is 20.3. The monoisotopic (exact) mass is 399 g/mol. The molecule has 6 heteroatoms. The summed E-state index contributed by atoms with van der Waals surface area (Å²) in [5.74, 6) is 0.0128. The molecular weight excluding hydrogens is 374 g/mol. The fraction of sp³-hybridized carbons (Fsp3) is 0.364. The first-order valence-electron chi connectivity index (χ1n) is 9.42. The number of thioether (sulfide) groups is 1. The molecule has 0 unspecified atom stereocenters. The highest BCUT2D eigenvalue weighted by Gasteiger charge is 2.29. The molecule has 0 spiro atoms. The molecular formula is C22H25NO4S. The van der Waals surface area contributed by atoms with E-state index in [4.69, 9.17) is 9.84 Å². The van der Waals surface area contributed by atoms with E-state index in [1.54, 1.807) is 11.8 Å². The van der Waals surface area contributed by atoms with Crippen molar-refractivity contribution in [3.05, 3.63) is 59.7 Å². The molecule has 0 heterocycles. The Morgan fingerprint density at radius 3 is 2.25 bits per heavy atom. The Morgan fingerprint density at radius 2 is 1.68 bits per heavy atom. The van der Waals surface area contributed by atoms with E-state index in [1.807, 2.05) is 30.5 Å². The molecule has 148 valence electrons. The molecule has 1 aliphatic rings. The number of alkyl carbamates (subject to hydrolysis) is 1. The Bertz CT molecular complexity index is 793. The molecule has 0 saturated heterocycles. The SMILES string of the molecule is CSCC[C@@H](CCC(=O)O)NC(=O)OCC1c2ccccc2-c2ccccc21. The van der Waals surface area contributed by atoms with Gasteiger partial charge < -0.3 is 15.2 Å². The van der Waals surface area contributed by atoms with Gasteiger partial charge in [-0.3, -0.25) is 4.79 Å². The van der Waals surface area contributed by atoms with Crippen LogP contribution < -0.4 is 5.32 Å². The summed E-state index contributed by atoms with van der Waals surface area (Å²) in [6, 6.07) is 16.2. The van der Waals surface area contributed by atoms with E-state index in [9.17, 15) is 9.59 Å². The Labute approximate surface area is 169 Å². The first-order chi connectivity index (χ1) is 13.6. The van der Waals surface area contributed by atoms with Gasteiger partial charge in [0.25, 0.3) is 0 Å². The van der Waals surface area contributed by atoms with Crippen LogP contribution in [0.15, 0.2) is 48.5 Å². The third kappa shape index (κ3) is 4.87. The number of carboxylic acids is 1. The lowest BCUT2D eigenvalue weighted by atomic mass is 9.98. The van der Waals surface area contributed by atoms with Crippen LogP contribution in [0.2, 0.25) is 0 Å². The average Bonchev–Trinajstić information content (AvgIpc) is 3.02. The van der Waals surface area contributed by atoms with Crippen molar-refractivity contribution in [1.82, 2.24) is 5.32 Å². The number of aliphatic carboxylic acids is 1. The zero-order chi connectivity index (χ0) is 19.9. The number of benzene rings is 2. The minimum Gasteiger partial charge on any atom is -0.481 e. The second kappa shape index (κ2) is 9.64. The molecule has 0 fully saturated rings. The fourth-order valence-electron chi connectivity index (χ4n) is 3.65. The minimum absolute atomic E-state index is 0.0156. The number of hydrogen-bond acceptors (Lipinski definition) is 4. The van der Waals surface area contributed by atoms with E-state index >= 15 is 0 Å². The van der Waals surface area contributed by atoms with Crippen LogP contribution in [0.1, 0.15) is 36.3 Å². The van der Waals surface area contributed by atoms with Gasteiger partial charge in [0.2, 0.25) is 0 Å². The lowest BCUT2D eigenvalue weighted by Crippen LogP contribution is -2.36. The fourth-order valence-corrected chi connectivity index (χ4v) is 4.17. The average molecular weight is 400 g/mol. The summed E-state index contributed by atoms with van der Waals surface area (Å²) in [7, 11) is 0. The molecule has 5 nitrogen and oxygen atoms in total. The normalized spacial score (nSPS) is 13.5. The van der Waals surface area contributed by atoms with Crippen LogP contribution >= 0.6 is 11.8 Å². The molecule has 1 amide bonds. The van der Waals surface area contributed by atoms with Crippen molar-refractivity contribution in [3.63, 3.8) is 0 Å². The zero-order valence-electron chi connectivity index (χ0n) is 15.9. The van der Waals surface area contributed by atoms with Crippen molar-refractivity contribution in [3.8, 4) is 11.1 Å². The van der Waals surface area contributed by atoms with Crippen molar-refractivity contribution in [2.45, 2.75) is 31.2 Å². The molecule has 3 rings (SSSR count). The van der Waals surface area contributed by atoms with Crippen LogP contribution in [0.25, 0.3) is 11.1 Å². The number of rotatable bonds is 9. The molecule has 2 aromatic carbocycles. The van der Waals surface area contributed by atoms with Crippen LogP contribution in [0, 0.1) is 0 Å². The van der Waals surface area contributed by atoms with E-state index in [0.717, 1.165) is 12.2 Å². The number of carbonyl (C=O) groups excluding carboxylic acids is 1. The smallest absolute Gasteiger partial charge is 0.407 e. The van der Waals surface area contributed by atoms with Crippen molar-refractivity contribution < 1.29 is 19.4 Å². The highest BCUT2D eigenvalue weighted by atomic mass is 32.2. The number of amides is 1. The first-order valence-corrected chi connectivity index (χ1v) is 10.8. The van der Waals surface area contributed by atoms with Crippen molar-refractivity contribution >= 4 is 23.8 Å². The highest BCUT2D eigenvalue weighted by molar-refractivity contribution is 7.98. The van der Waals surface area contributed by atoms with Gasteiger partial charge in [0.15, 0.2) is 0 Å². The second-order valence-corrected chi connectivity index (χ2v) is 7.87. The lowest BCUT2D eigenvalue weighted by Gasteiger charge is -2.19. The molecule has 0 saturated carbocycles. The number of carboxylic acid groups (broad SMARTS) is 1. The third-order valence-corrected chi connectivity index (χ3v) is 5.69. The summed E-state index contributed by atoms with van der Waals surface area (Å²) < 4.78 is 5.55. The second-order valence-electron chi connectivity index (χ2n) is 6.88. The predicted molar refractivity (Wildman–Crippen MR) is 112 cm³/mol. The van der Waals surface area contributed by atoms with Gasteiger partial charge in [-0.05, 0) is 47.1 Å². The summed E-state index contributed by atoms with van der Waals surface area (Å²) in [6.45, 7) is 0.258. The Morgan fingerprint density at radius 1 is 1.07 bits per heavy atom. The van der Waals surface area contributed by atoms with Gasteiger partial charge >= 0.3 is 12.1 Å². The Kier molecular flexibility index (Phi) is 6.98. The molecule has 2 N–H and O–H groups in total. The van der Waals surface area contributed by atoms with E-state index < -0.39 is 12.1 Å². The van der Waals surface area contributed by atoms with E-state index in [2.05, 4.69) is 29.6 Å². The zero-order valence-corrected chi connectivity index (χ0v) is 16.7. The quantitative estimate of drug-likeness (QED) is 0.649. The van der Waals surface area contributed by atoms with Crippen LogP contribution in [0.3, 0.4) is 0 Å². The molecule has 0 radical (unpaired) electrons. The Balaban J connectivity index is 1.63. The van der Waals surface area contributed by atoms with Gasteiger partial charge in [0, 0.05) is 18.4 Å². The van der Waals surface area contributed by atoms with E-state index in [0.29, 0.717) is 6.42 Å².